The van der Waals surface area contributed by atoms with Crippen LogP contribution in [0.15, 0.2) is 29.2 Å². The molecule has 4 N–H and O–H groups in total. The summed E-state index contributed by atoms with van der Waals surface area (Å²) >= 11 is 0. The van der Waals surface area contributed by atoms with Gasteiger partial charge in [-0.05, 0) is 42.9 Å². The standard InChI is InChI=1S/C13H18FN3O2S/c14-9-3-6-11-12(7-9)16-17-13(11)8-1-4-10(5-2-8)20(15,18)19/h1-2,4-5,9,11-13,16-17H,3,6-7H2,(H2,15,18,19). The molecule has 0 spiro atoms. The van der Waals surface area contributed by atoms with Crippen molar-refractivity contribution in [3.05, 3.63) is 29.8 Å². The topological polar surface area (TPSA) is 84.2 Å². The lowest BCUT2D eigenvalue weighted by molar-refractivity contribution is 0.183. The zero-order valence-corrected chi connectivity index (χ0v) is 11.7. The predicted octanol–water partition coefficient (Wildman–Crippen LogP) is 0.990. The van der Waals surface area contributed by atoms with E-state index in [-0.39, 0.29) is 17.0 Å². The van der Waals surface area contributed by atoms with Gasteiger partial charge in [0.05, 0.1) is 10.9 Å². The second-order valence-corrected chi connectivity index (χ2v) is 7.12. The van der Waals surface area contributed by atoms with Gasteiger partial charge >= 0.3 is 0 Å². The molecule has 4 atom stereocenters. The van der Waals surface area contributed by atoms with Crippen LogP contribution in [0.5, 0.6) is 0 Å². The molecule has 2 aliphatic rings. The van der Waals surface area contributed by atoms with Crippen LogP contribution in [0.1, 0.15) is 30.9 Å². The molecule has 1 saturated heterocycles. The Bertz CT molecular complexity index is 590. The Labute approximate surface area is 117 Å². The van der Waals surface area contributed by atoms with Crippen molar-refractivity contribution in [3.8, 4) is 0 Å². The molecule has 1 aromatic carbocycles. The molecule has 0 aromatic heterocycles. The third-order valence-corrected chi connectivity index (χ3v) is 5.19. The Morgan fingerprint density at radius 2 is 1.85 bits per heavy atom. The molecule has 0 radical (unpaired) electrons. The Kier molecular flexibility index (Phi) is 3.53. The van der Waals surface area contributed by atoms with Gasteiger partial charge < -0.3 is 0 Å². The molecular formula is C13H18FN3O2S. The number of primary sulfonamides is 1. The highest BCUT2D eigenvalue weighted by Gasteiger charge is 2.40. The number of benzene rings is 1. The van der Waals surface area contributed by atoms with Crippen molar-refractivity contribution in [2.45, 2.75) is 42.4 Å². The molecule has 1 saturated carbocycles. The lowest BCUT2D eigenvalue weighted by atomic mass is 9.79. The van der Waals surface area contributed by atoms with Crippen LogP contribution >= 0.6 is 0 Å². The summed E-state index contributed by atoms with van der Waals surface area (Å²) in [5.74, 6) is 0.335. The molecule has 110 valence electrons. The number of hydrogen-bond acceptors (Lipinski definition) is 4. The largest absolute Gasteiger partial charge is 0.254 e. The number of hydrazine groups is 1. The van der Waals surface area contributed by atoms with E-state index in [1.165, 1.54) is 12.1 Å². The molecule has 0 amide bonds. The summed E-state index contributed by atoms with van der Waals surface area (Å²) in [5, 5.41) is 5.08. The van der Waals surface area contributed by atoms with Gasteiger partial charge in [-0.3, -0.25) is 5.43 Å². The Morgan fingerprint density at radius 3 is 2.50 bits per heavy atom. The van der Waals surface area contributed by atoms with Gasteiger partial charge in [-0.25, -0.2) is 23.4 Å². The maximum absolute atomic E-state index is 13.4. The third-order valence-electron chi connectivity index (χ3n) is 4.26. The highest BCUT2D eigenvalue weighted by atomic mass is 32.2. The fourth-order valence-corrected chi connectivity index (χ4v) is 3.72. The minimum Gasteiger partial charge on any atom is -0.254 e. The second-order valence-electron chi connectivity index (χ2n) is 5.56. The minimum atomic E-state index is -3.66. The molecule has 1 aromatic rings. The molecular weight excluding hydrogens is 281 g/mol. The zero-order valence-electron chi connectivity index (χ0n) is 10.9. The van der Waals surface area contributed by atoms with E-state index in [0.717, 1.165) is 12.0 Å². The zero-order chi connectivity index (χ0) is 14.3. The highest BCUT2D eigenvalue weighted by Crippen LogP contribution is 2.38. The molecule has 7 heteroatoms. The van der Waals surface area contributed by atoms with Gasteiger partial charge in [-0.2, -0.15) is 0 Å². The monoisotopic (exact) mass is 299 g/mol. The van der Waals surface area contributed by atoms with Gasteiger partial charge in [0.2, 0.25) is 10.0 Å². The third kappa shape index (κ3) is 2.58. The average Bonchev–Trinajstić information content (AvgIpc) is 2.80. The summed E-state index contributed by atoms with van der Waals surface area (Å²) in [4.78, 5) is 0.108. The van der Waals surface area contributed by atoms with E-state index in [1.807, 2.05) is 0 Å². The summed E-state index contributed by atoms with van der Waals surface area (Å²) < 4.78 is 35.9. The fourth-order valence-electron chi connectivity index (χ4n) is 3.21. The summed E-state index contributed by atoms with van der Waals surface area (Å²) in [6.45, 7) is 0. The van der Waals surface area contributed by atoms with E-state index in [2.05, 4.69) is 10.9 Å². The first-order valence-corrected chi connectivity index (χ1v) is 8.27. The molecule has 1 aliphatic carbocycles. The first-order chi connectivity index (χ1) is 9.45. The predicted molar refractivity (Wildman–Crippen MR) is 72.9 cm³/mol. The molecule has 3 rings (SSSR count). The van der Waals surface area contributed by atoms with Crippen LogP contribution in [0.2, 0.25) is 0 Å². The summed E-state index contributed by atoms with van der Waals surface area (Å²) in [6, 6.07) is 6.79. The quantitative estimate of drug-likeness (QED) is 0.760. The molecule has 20 heavy (non-hydrogen) atoms. The van der Waals surface area contributed by atoms with E-state index in [0.29, 0.717) is 18.8 Å². The Hall–Kier alpha value is -1.02. The van der Waals surface area contributed by atoms with Gasteiger partial charge in [-0.15, -0.1) is 0 Å². The fraction of sp³-hybridized carbons (Fsp3) is 0.538. The van der Waals surface area contributed by atoms with Crippen LogP contribution in [0.25, 0.3) is 0 Å². The number of hydrogen-bond donors (Lipinski definition) is 3. The number of rotatable bonds is 2. The van der Waals surface area contributed by atoms with E-state index < -0.39 is 16.2 Å². The van der Waals surface area contributed by atoms with Crippen molar-refractivity contribution in [1.29, 1.82) is 0 Å². The summed E-state index contributed by atoms with van der Waals surface area (Å²) in [6.07, 6.45) is 1.22. The van der Waals surface area contributed by atoms with Crippen molar-refractivity contribution in [2.75, 3.05) is 0 Å². The molecule has 2 fully saturated rings. The number of sulfonamides is 1. The van der Waals surface area contributed by atoms with E-state index >= 15 is 0 Å². The molecule has 5 nitrogen and oxygen atoms in total. The van der Waals surface area contributed by atoms with Crippen molar-refractivity contribution in [3.63, 3.8) is 0 Å². The molecule has 1 heterocycles. The van der Waals surface area contributed by atoms with Crippen molar-refractivity contribution in [1.82, 2.24) is 10.9 Å². The highest BCUT2D eigenvalue weighted by molar-refractivity contribution is 7.89. The number of fused-ring (bicyclic) bond motifs is 1. The Morgan fingerprint density at radius 1 is 1.15 bits per heavy atom. The summed E-state index contributed by atoms with van der Waals surface area (Å²) in [7, 11) is -3.66. The number of halogens is 1. The number of nitrogens with one attached hydrogen (secondary N) is 2. The van der Waals surface area contributed by atoms with E-state index in [9.17, 15) is 12.8 Å². The van der Waals surface area contributed by atoms with Gasteiger partial charge in [0, 0.05) is 6.04 Å². The second kappa shape index (κ2) is 5.07. The maximum atomic E-state index is 13.4. The molecule has 0 bridgehead atoms. The smallest absolute Gasteiger partial charge is 0.238 e. The average molecular weight is 299 g/mol. The molecule has 1 aliphatic heterocycles. The SMILES string of the molecule is NS(=O)(=O)c1ccc(C2NNC3CC(F)CCC32)cc1. The van der Waals surface area contributed by atoms with E-state index in [4.69, 9.17) is 5.14 Å². The van der Waals surface area contributed by atoms with Crippen LogP contribution in [0.4, 0.5) is 4.39 Å². The van der Waals surface area contributed by atoms with Crippen molar-refractivity contribution in [2.24, 2.45) is 11.1 Å². The van der Waals surface area contributed by atoms with Crippen LogP contribution in [0, 0.1) is 5.92 Å². The number of nitrogens with two attached hydrogens (primary N) is 1. The summed E-state index contributed by atoms with van der Waals surface area (Å²) in [5.41, 5.74) is 7.34. The van der Waals surface area contributed by atoms with Crippen LogP contribution in [-0.2, 0) is 10.0 Å². The van der Waals surface area contributed by atoms with Gasteiger partial charge in [0.1, 0.15) is 6.17 Å². The Balaban J connectivity index is 1.80. The van der Waals surface area contributed by atoms with Crippen molar-refractivity contribution < 1.29 is 12.8 Å². The maximum Gasteiger partial charge on any atom is 0.238 e. The first kappa shape index (κ1) is 13.9. The van der Waals surface area contributed by atoms with Gasteiger partial charge in [0.15, 0.2) is 0 Å². The normalized spacial score (nSPS) is 33.9. The lowest BCUT2D eigenvalue weighted by Gasteiger charge is -2.29. The van der Waals surface area contributed by atoms with Crippen LogP contribution in [-0.4, -0.2) is 20.6 Å². The van der Waals surface area contributed by atoms with Crippen LogP contribution < -0.4 is 16.0 Å². The van der Waals surface area contributed by atoms with Gasteiger partial charge in [0.25, 0.3) is 0 Å². The number of alkyl halides is 1. The van der Waals surface area contributed by atoms with E-state index in [1.54, 1.807) is 12.1 Å². The lowest BCUT2D eigenvalue weighted by Crippen LogP contribution is -2.36. The first-order valence-electron chi connectivity index (χ1n) is 6.73. The van der Waals surface area contributed by atoms with Gasteiger partial charge in [-0.1, -0.05) is 12.1 Å². The van der Waals surface area contributed by atoms with Crippen LogP contribution in [0.3, 0.4) is 0 Å². The minimum absolute atomic E-state index is 0.0852. The molecule has 4 unspecified atom stereocenters. The van der Waals surface area contributed by atoms with Crippen molar-refractivity contribution >= 4 is 10.0 Å².